The van der Waals surface area contributed by atoms with Gasteiger partial charge in [0.1, 0.15) is 11.8 Å². The van der Waals surface area contributed by atoms with Crippen LogP contribution in [0.2, 0.25) is 0 Å². The van der Waals surface area contributed by atoms with Crippen LogP contribution in [0.3, 0.4) is 0 Å². The number of rotatable bonds is 4. The Morgan fingerprint density at radius 2 is 1.86 bits per heavy atom. The predicted molar refractivity (Wildman–Crippen MR) is 78.6 cm³/mol. The standard InChI is InChI=1S/C15H13N5O/c16-8-12(15(18)19)14(17)10-6-7-13(20-9-10)21-11-4-2-1-3-5-11/h1-7,9H,17H2,(H3,18,19)/p+1. The van der Waals surface area contributed by atoms with E-state index < -0.39 is 0 Å². The summed E-state index contributed by atoms with van der Waals surface area (Å²) in [5.41, 5.74) is 12.0. The van der Waals surface area contributed by atoms with Gasteiger partial charge in [-0.2, -0.15) is 5.26 Å². The second-order valence-electron chi connectivity index (χ2n) is 4.16. The van der Waals surface area contributed by atoms with Crippen molar-refractivity contribution >= 4 is 11.5 Å². The van der Waals surface area contributed by atoms with Crippen molar-refractivity contribution in [3.8, 4) is 17.7 Å². The molecule has 1 heterocycles. The Hall–Kier alpha value is -3.33. The maximum atomic E-state index is 8.96. The molecule has 6 nitrogen and oxygen atoms in total. The van der Waals surface area contributed by atoms with Crippen molar-refractivity contribution in [3.05, 3.63) is 59.8 Å². The summed E-state index contributed by atoms with van der Waals surface area (Å²) < 4.78 is 5.56. The van der Waals surface area contributed by atoms with Crippen molar-refractivity contribution in [2.75, 3.05) is 0 Å². The second kappa shape index (κ2) is 6.21. The van der Waals surface area contributed by atoms with Gasteiger partial charge in [0, 0.05) is 17.8 Å². The summed E-state index contributed by atoms with van der Waals surface area (Å²) in [5.74, 6) is 0.971. The smallest absolute Gasteiger partial charge is 0.283 e. The Balaban J connectivity index is 2.24. The van der Waals surface area contributed by atoms with Gasteiger partial charge in [0.2, 0.25) is 5.88 Å². The molecule has 0 unspecified atom stereocenters. The number of hydrogen-bond acceptors (Lipinski definition) is 4. The van der Waals surface area contributed by atoms with Crippen molar-refractivity contribution in [1.29, 1.82) is 5.26 Å². The van der Waals surface area contributed by atoms with Gasteiger partial charge in [-0.3, -0.25) is 11.1 Å². The molecule has 6 heteroatoms. The number of aromatic nitrogens is 1. The monoisotopic (exact) mass is 280 g/mol. The molecule has 0 saturated carbocycles. The van der Waals surface area contributed by atoms with Gasteiger partial charge in [0.15, 0.2) is 5.57 Å². The average Bonchev–Trinajstić information content (AvgIpc) is 2.49. The lowest BCUT2D eigenvalue weighted by Crippen LogP contribution is -2.47. The molecule has 6 N–H and O–H groups in total. The Labute approximate surface area is 121 Å². The zero-order valence-electron chi connectivity index (χ0n) is 11.2. The number of pyridine rings is 1. The molecular weight excluding hydrogens is 266 g/mol. The molecule has 0 aliphatic heterocycles. The van der Waals surface area contributed by atoms with Crippen LogP contribution in [0.4, 0.5) is 0 Å². The summed E-state index contributed by atoms with van der Waals surface area (Å²) in [5, 5.41) is 14.4. The SMILES string of the molecule is N#CC(C(N)=[NH2+])=C(N)c1ccc(Oc2ccccc2)nc1. The van der Waals surface area contributed by atoms with E-state index in [9.17, 15) is 0 Å². The topological polar surface area (TPSA) is 124 Å². The highest BCUT2D eigenvalue weighted by molar-refractivity contribution is 6.03. The lowest BCUT2D eigenvalue weighted by atomic mass is 10.1. The molecule has 21 heavy (non-hydrogen) atoms. The Morgan fingerprint density at radius 1 is 1.14 bits per heavy atom. The van der Waals surface area contributed by atoms with Crippen LogP contribution in [0, 0.1) is 11.3 Å². The lowest BCUT2D eigenvalue weighted by Gasteiger charge is -2.06. The summed E-state index contributed by atoms with van der Waals surface area (Å²) in [6, 6.07) is 14.5. The van der Waals surface area contributed by atoms with Crippen LogP contribution in [-0.4, -0.2) is 10.8 Å². The van der Waals surface area contributed by atoms with Gasteiger partial charge in [-0.05, 0) is 18.2 Å². The summed E-state index contributed by atoms with van der Waals surface area (Å²) in [6.45, 7) is 0. The van der Waals surface area contributed by atoms with E-state index in [1.54, 1.807) is 12.1 Å². The van der Waals surface area contributed by atoms with E-state index in [-0.39, 0.29) is 17.1 Å². The third kappa shape index (κ3) is 3.36. The van der Waals surface area contributed by atoms with Crippen LogP contribution in [0.25, 0.3) is 5.70 Å². The highest BCUT2D eigenvalue weighted by atomic mass is 16.5. The molecule has 0 radical (unpaired) electrons. The second-order valence-corrected chi connectivity index (χ2v) is 4.16. The quantitative estimate of drug-likeness (QED) is 0.419. The van der Waals surface area contributed by atoms with E-state index in [2.05, 4.69) is 4.98 Å². The third-order valence-electron chi connectivity index (χ3n) is 2.68. The maximum Gasteiger partial charge on any atom is 0.283 e. The molecule has 1 aromatic carbocycles. The van der Waals surface area contributed by atoms with Crippen LogP contribution < -0.4 is 21.6 Å². The van der Waals surface area contributed by atoms with Gasteiger partial charge in [-0.1, -0.05) is 18.2 Å². The third-order valence-corrected chi connectivity index (χ3v) is 2.68. The van der Waals surface area contributed by atoms with Crippen LogP contribution in [0.15, 0.2) is 54.2 Å². The van der Waals surface area contributed by atoms with Crippen molar-refractivity contribution in [3.63, 3.8) is 0 Å². The molecule has 2 aromatic rings. The molecule has 0 aliphatic rings. The molecule has 1 aromatic heterocycles. The van der Waals surface area contributed by atoms with Crippen LogP contribution in [0.5, 0.6) is 11.6 Å². The normalized spacial score (nSPS) is 11.2. The van der Waals surface area contributed by atoms with E-state index in [1.165, 1.54) is 6.20 Å². The number of para-hydroxylation sites is 1. The first kappa shape index (κ1) is 14.1. The fourth-order valence-corrected chi connectivity index (χ4v) is 1.63. The van der Waals surface area contributed by atoms with Crippen LogP contribution in [0.1, 0.15) is 5.56 Å². The zero-order valence-corrected chi connectivity index (χ0v) is 11.2. The lowest BCUT2D eigenvalue weighted by molar-refractivity contribution is -0.114. The number of amidine groups is 1. The van der Waals surface area contributed by atoms with E-state index in [4.69, 9.17) is 26.9 Å². The molecule has 0 amide bonds. The first-order valence-electron chi connectivity index (χ1n) is 6.09. The van der Waals surface area contributed by atoms with E-state index in [1.807, 2.05) is 36.4 Å². The number of nitrogens with zero attached hydrogens (tertiary/aromatic N) is 2. The number of benzene rings is 1. The predicted octanol–water partition coefficient (Wildman–Crippen LogP) is 0.184. The zero-order chi connectivity index (χ0) is 15.2. The number of nitriles is 1. The molecule has 0 spiro atoms. The maximum absolute atomic E-state index is 8.96. The van der Waals surface area contributed by atoms with Crippen LogP contribution in [-0.2, 0) is 0 Å². The minimum Gasteiger partial charge on any atom is -0.439 e. The van der Waals surface area contributed by atoms with E-state index in [0.29, 0.717) is 17.2 Å². The molecular formula is C15H14N5O+. The van der Waals surface area contributed by atoms with Crippen molar-refractivity contribution in [2.45, 2.75) is 0 Å². The minimum absolute atomic E-state index is 0.0357. The number of ether oxygens (including phenoxy) is 1. The molecule has 0 fully saturated rings. The summed E-state index contributed by atoms with van der Waals surface area (Å²) >= 11 is 0. The molecule has 0 atom stereocenters. The largest absolute Gasteiger partial charge is 0.439 e. The number of hydrogen-bond donors (Lipinski definition) is 3. The minimum atomic E-state index is -0.125. The molecule has 0 aliphatic carbocycles. The molecule has 0 saturated heterocycles. The molecule has 104 valence electrons. The van der Waals surface area contributed by atoms with Crippen molar-refractivity contribution in [2.24, 2.45) is 11.5 Å². The first-order chi connectivity index (χ1) is 10.1. The van der Waals surface area contributed by atoms with Gasteiger partial charge in [0.05, 0.1) is 5.70 Å². The Morgan fingerprint density at radius 3 is 2.38 bits per heavy atom. The summed E-state index contributed by atoms with van der Waals surface area (Å²) in [7, 11) is 0. The van der Waals surface area contributed by atoms with Gasteiger partial charge in [-0.15, -0.1) is 0 Å². The Bertz CT molecular complexity index is 714. The fourth-order valence-electron chi connectivity index (χ4n) is 1.63. The van der Waals surface area contributed by atoms with Crippen molar-refractivity contribution in [1.82, 2.24) is 4.98 Å². The van der Waals surface area contributed by atoms with E-state index in [0.717, 1.165) is 0 Å². The first-order valence-corrected chi connectivity index (χ1v) is 6.09. The van der Waals surface area contributed by atoms with E-state index >= 15 is 0 Å². The molecule has 0 bridgehead atoms. The summed E-state index contributed by atoms with van der Waals surface area (Å²) in [4.78, 5) is 4.13. The van der Waals surface area contributed by atoms with Gasteiger partial charge in [-0.25, -0.2) is 4.98 Å². The molecule has 2 rings (SSSR count). The average molecular weight is 280 g/mol. The van der Waals surface area contributed by atoms with Gasteiger partial charge >= 0.3 is 0 Å². The van der Waals surface area contributed by atoms with Gasteiger partial charge in [0.25, 0.3) is 5.84 Å². The Kier molecular flexibility index (Phi) is 4.17. The highest BCUT2D eigenvalue weighted by Gasteiger charge is 2.13. The number of nitrogens with two attached hydrogens (primary N) is 3. The van der Waals surface area contributed by atoms with Gasteiger partial charge < -0.3 is 10.5 Å². The fraction of sp³-hybridized carbons (Fsp3) is 0. The highest BCUT2D eigenvalue weighted by Crippen LogP contribution is 2.20. The van der Waals surface area contributed by atoms with Crippen LogP contribution >= 0.6 is 0 Å². The summed E-state index contributed by atoms with van der Waals surface area (Å²) in [6.07, 6.45) is 1.49. The van der Waals surface area contributed by atoms with Crippen molar-refractivity contribution < 1.29 is 10.1 Å².